The number of nitrogens with one attached hydrogen (secondary N) is 3. The molecule has 7 nitrogen and oxygen atoms in total. The maximum atomic E-state index is 12.6. The number of sulfonamides is 1. The summed E-state index contributed by atoms with van der Waals surface area (Å²) in [5.74, 6) is 0. The molecule has 0 aliphatic heterocycles. The molecule has 0 fully saturated rings. The number of pyridine rings is 1. The first-order valence-corrected chi connectivity index (χ1v) is 10.5. The number of halogens is 1. The molecule has 0 spiro atoms. The molecule has 1 heterocycles. The van der Waals surface area contributed by atoms with Crippen LogP contribution in [0.3, 0.4) is 0 Å². The molecule has 0 atom stereocenters. The molecule has 2 amide bonds. The minimum absolute atomic E-state index is 0.0678. The minimum Gasteiger partial charge on any atom is -0.334 e. The highest BCUT2D eigenvalue weighted by Crippen LogP contribution is 2.25. The summed E-state index contributed by atoms with van der Waals surface area (Å²) < 4.78 is 27.7. The minimum atomic E-state index is -3.79. The zero-order valence-corrected chi connectivity index (χ0v) is 17.1. The van der Waals surface area contributed by atoms with Crippen LogP contribution in [0, 0.1) is 6.92 Å². The largest absolute Gasteiger partial charge is 0.334 e. The van der Waals surface area contributed by atoms with Gasteiger partial charge in [0.2, 0.25) is 0 Å². The number of rotatable bonds is 6. The first-order chi connectivity index (χ1) is 13.8. The lowest BCUT2D eigenvalue weighted by atomic mass is 10.2. The molecule has 150 valence electrons. The zero-order chi connectivity index (χ0) is 20.9. The van der Waals surface area contributed by atoms with E-state index in [1.807, 2.05) is 6.07 Å². The number of benzene rings is 2. The molecule has 3 aromatic rings. The number of aromatic nitrogens is 1. The second-order valence-corrected chi connectivity index (χ2v) is 8.30. The van der Waals surface area contributed by atoms with Crippen molar-refractivity contribution >= 4 is 39.0 Å². The topological polar surface area (TPSA) is 100 Å². The molecule has 3 N–H and O–H groups in total. The highest BCUT2D eigenvalue weighted by molar-refractivity contribution is 7.92. The molecule has 0 bridgehead atoms. The van der Waals surface area contributed by atoms with Crippen molar-refractivity contribution in [2.24, 2.45) is 0 Å². The van der Waals surface area contributed by atoms with E-state index in [0.29, 0.717) is 28.5 Å². The predicted octanol–water partition coefficient (Wildman–Crippen LogP) is 4.17. The second-order valence-electron chi connectivity index (χ2n) is 6.21. The SMILES string of the molecule is Cc1c(Cl)cccc1NS(=O)(=O)c1ccc(NC(=O)NCc2cccnc2)cc1. The lowest BCUT2D eigenvalue weighted by molar-refractivity contribution is 0.251. The van der Waals surface area contributed by atoms with Crippen LogP contribution in [0.15, 0.2) is 71.9 Å². The van der Waals surface area contributed by atoms with Gasteiger partial charge in [0.25, 0.3) is 10.0 Å². The summed E-state index contributed by atoms with van der Waals surface area (Å²) >= 11 is 6.04. The van der Waals surface area contributed by atoms with E-state index in [1.54, 1.807) is 43.6 Å². The van der Waals surface area contributed by atoms with Crippen LogP contribution in [0.4, 0.5) is 16.2 Å². The van der Waals surface area contributed by atoms with Gasteiger partial charge >= 0.3 is 6.03 Å². The number of hydrogen-bond donors (Lipinski definition) is 3. The highest BCUT2D eigenvalue weighted by atomic mass is 35.5. The number of carbonyl (C=O) groups is 1. The van der Waals surface area contributed by atoms with Gasteiger partial charge in [-0.1, -0.05) is 23.7 Å². The molecule has 0 aliphatic rings. The van der Waals surface area contributed by atoms with E-state index in [2.05, 4.69) is 20.3 Å². The van der Waals surface area contributed by atoms with Crippen molar-refractivity contribution in [3.05, 3.63) is 83.1 Å². The first kappa shape index (κ1) is 20.6. The molecular weight excluding hydrogens is 412 g/mol. The maximum Gasteiger partial charge on any atom is 0.319 e. The smallest absolute Gasteiger partial charge is 0.319 e. The number of urea groups is 1. The van der Waals surface area contributed by atoms with E-state index in [4.69, 9.17) is 11.6 Å². The van der Waals surface area contributed by atoms with Crippen molar-refractivity contribution in [2.45, 2.75) is 18.4 Å². The van der Waals surface area contributed by atoms with Crippen LogP contribution in [0.2, 0.25) is 5.02 Å². The monoisotopic (exact) mass is 430 g/mol. The maximum absolute atomic E-state index is 12.6. The van der Waals surface area contributed by atoms with Gasteiger partial charge in [-0.25, -0.2) is 13.2 Å². The quantitative estimate of drug-likeness (QED) is 0.546. The number of nitrogens with zero attached hydrogens (tertiary/aromatic N) is 1. The Balaban J connectivity index is 1.63. The van der Waals surface area contributed by atoms with Crippen LogP contribution < -0.4 is 15.4 Å². The third-order valence-electron chi connectivity index (χ3n) is 4.11. The van der Waals surface area contributed by atoms with E-state index in [-0.39, 0.29) is 4.90 Å². The van der Waals surface area contributed by atoms with Gasteiger partial charge in [0, 0.05) is 29.6 Å². The van der Waals surface area contributed by atoms with Crippen molar-refractivity contribution in [2.75, 3.05) is 10.0 Å². The summed E-state index contributed by atoms with van der Waals surface area (Å²) in [4.78, 5) is 16.0. The van der Waals surface area contributed by atoms with Gasteiger partial charge in [-0.05, 0) is 60.5 Å². The molecule has 2 aromatic carbocycles. The van der Waals surface area contributed by atoms with E-state index in [1.165, 1.54) is 24.3 Å². The summed E-state index contributed by atoms with van der Waals surface area (Å²) in [5, 5.41) is 5.83. The van der Waals surface area contributed by atoms with Crippen molar-refractivity contribution in [3.63, 3.8) is 0 Å². The normalized spacial score (nSPS) is 11.0. The number of carbonyl (C=O) groups excluding carboxylic acids is 1. The molecule has 3 rings (SSSR count). The average Bonchev–Trinajstić information content (AvgIpc) is 2.71. The Morgan fingerprint density at radius 1 is 1.07 bits per heavy atom. The summed E-state index contributed by atoms with van der Waals surface area (Å²) in [7, 11) is -3.79. The van der Waals surface area contributed by atoms with E-state index in [0.717, 1.165) is 5.56 Å². The van der Waals surface area contributed by atoms with Gasteiger partial charge in [0.1, 0.15) is 0 Å². The summed E-state index contributed by atoms with van der Waals surface area (Å²) in [6.45, 7) is 2.06. The van der Waals surface area contributed by atoms with Gasteiger partial charge < -0.3 is 10.6 Å². The molecular formula is C20H19ClN4O3S. The van der Waals surface area contributed by atoms with Crippen LogP contribution in [-0.2, 0) is 16.6 Å². The fraction of sp³-hybridized carbons (Fsp3) is 0.100. The Labute approximate surface area is 174 Å². The molecule has 0 unspecified atom stereocenters. The Bertz CT molecular complexity index is 1100. The Kier molecular flexibility index (Phi) is 6.36. The lowest BCUT2D eigenvalue weighted by Crippen LogP contribution is -2.28. The van der Waals surface area contributed by atoms with E-state index >= 15 is 0 Å². The van der Waals surface area contributed by atoms with Crippen molar-refractivity contribution in [3.8, 4) is 0 Å². The standard InChI is InChI=1S/C20H19ClN4O3S/c1-14-18(21)5-2-6-19(14)25-29(27,28)17-9-7-16(8-10-17)24-20(26)23-13-15-4-3-11-22-12-15/h2-12,25H,13H2,1H3,(H2,23,24,26). The third kappa shape index (κ3) is 5.46. The zero-order valence-electron chi connectivity index (χ0n) is 15.5. The Hall–Kier alpha value is -3.10. The summed E-state index contributed by atoms with van der Waals surface area (Å²) in [5.41, 5.74) is 2.38. The van der Waals surface area contributed by atoms with E-state index in [9.17, 15) is 13.2 Å². The van der Waals surface area contributed by atoms with Gasteiger partial charge in [0.15, 0.2) is 0 Å². The Morgan fingerprint density at radius 3 is 2.52 bits per heavy atom. The summed E-state index contributed by atoms with van der Waals surface area (Å²) in [6.07, 6.45) is 3.32. The highest BCUT2D eigenvalue weighted by Gasteiger charge is 2.16. The lowest BCUT2D eigenvalue weighted by Gasteiger charge is -2.12. The predicted molar refractivity (Wildman–Crippen MR) is 114 cm³/mol. The average molecular weight is 431 g/mol. The van der Waals surface area contributed by atoms with Crippen molar-refractivity contribution in [1.29, 1.82) is 0 Å². The van der Waals surface area contributed by atoms with Crippen LogP contribution >= 0.6 is 11.6 Å². The van der Waals surface area contributed by atoms with Gasteiger partial charge in [-0.3, -0.25) is 9.71 Å². The summed E-state index contributed by atoms with van der Waals surface area (Å²) in [6, 6.07) is 14.1. The molecule has 9 heteroatoms. The van der Waals surface area contributed by atoms with Crippen LogP contribution in [0.1, 0.15) is 11.1 Å². The molecule has 1 aromatic heterocycles. The van der Waals surface area contributed by atoms with Gasteiger partial charge in [-0.15, -0.1) is 0 Å². The molecule has 0 saturated heterocycles. The van der Waals surface area contributed by atoms with Crippen molar-refractivity contribution in [1.82, 2.24) is 10.3 Å². The van der Waals surface area contributed by atoms with E-state index < -0.39 is 16.1 Å². The van der Waals surface area contributed by atoms with Gasteiger partial charge in [-0.2, -0.15) is 0 Å². The molecule has 29 heavy (non-hydrogen) atoms. The number of anilines is 2. The molecule has 0 radical (unpaired) electrons. The fourth-order valence-corrected chi connectivity index (χ4v) is 3.80. The Morgan fingerprint density at radius 2 is 1.83 bits per heavy atom. The number of hydrogen-bond acceptors (Lipinski definition) is 4. The third-order valence-corrected chi connectivity index (χ3v) is 5.90. The number of amides is 2. The van der Waals surface area contributed by atoms with Crippen LogP contribution in [-0.4, -0.2) is 19.4 Å². The van der Waals surface area contributed by atoms with Crippen molar-refractivity contribution < 1.29 is 13.2 Å². The fourth-order valence-electron chi connectivity index (χ4n) is 2.50. The molecule has 0 aliphatic carbocycles. The van der Waals surface area contributed by atoms with Crippen LogP contribution in [0.25, 0.3) is 0 Å². The molecule has 0 saturated carbocycles. The van der Waals surface area contributed by atoms with Crippen LogP contribution in [0.5, 0.6) is 0 Å². The van der Waals surface area contributed by atoms with Gasteiger partial charge in [0.05, 0.1) is 10.6 Å². The second kappa shape index (κ2) is 8.93. The first-order valence-electron chi connectivity index (χ1n) is 8.67.